The van der Waals surface area contributed by atoms with Crippen LogP contribution in [0, 0.1) is 5.82 Å². The van der Waals surface area contributed by atoms with Gasteiger partial charge in [-0.15, -0.1) is 0 Å². The highest BCUT2D eigenvalue weighted by Crippen LogP contribution is 2.31. The zero-order valence-corrected chi connectivity index (χ0v) is 10.4. The van der Waals surface area contributed by atoms with Crippen LogP contribution in [0.5, 0.6) is 11.6 Å². The molecule has 88 valence electrons. The van der Waals surface area contributed by atoms with Crippen LogP contribution in [0.4, 0.5) is 4.39 Å². The number of rotatable bonds is 2. The molecule has 1 aromatic carbocycles. The molecule has 0 aliphatic carbocycles. The second kappa shape index (κ2) is 5.04. The molecule has 0 atom stereocenters. The molecule has 0 unspecified atom stereocenters. The van der Waals surface area contributed by atoms with Crippen LogP contribution in [0.2, 0.25) is 15.3 Å². The molecule has 1 heterocycles. The standard InChI is InChI=1S/C10H4Cl3FN2O/c11-5-2-1-3-7(8(5)14)17-9-6(12)4-15-10(13)16-9/h1-4H. The van der Waals surface area contributed by atoms with Gasteiger partial charge in [0.05, 0.1) is 11.2 Å². The molecule has 0 amide bonds. The highest BCUT2D eigenvalue weighted by molar-refractivity contribution is 6.32. The van der Waals surface area contributed by atoms with E-state index in [-0.39, 0.29) is 27.0 Å². The first-order chi connectivity index (χ1) is 8.08. The summed E-state index contributed by atoms with van der Waals surface area (Å²) < 4.78 is 18.7. The first-order valence-electron chi connectivity index (χ1n) is 4.38. The third-order valence-electron chi connectivity index (χ3n) is 1.81. The minimum absolute atomic E-state index is 0.0344. The lowest BCUT2D eigenvalue weighted by Gasteiger charge is -2.07. The number of halogens is 4. The normalized spacial score (nSPS) is 10.4. The smallest absolute Gasteiger partial charge is 0.242 e. The average molecular weight is 294 g/mol. The summed E-state index contributed by atoms with van der Waals surface area (Å²) in [7, 11) is 0. The number of ether oxygens (including phenoxy) is 1. The minimum Gasteiger partial charge on any atom is -0.434 e. The van der Waals surface area contributed by atoms with Gasteiger partial charge in [0.1, 0.15) is 5.02 Å². The van der Waals surface area contributed by atoms with Crippen molar-refractivity contribution in [2.24, 2.45) is 0 Å². The van der Waals surface area contributed by atoms with Gasteiger partial charge in [0.25, 0.3) is 0 Å². The maximum atomic E-state index is 13.5. The molecule has 0 saturated heterocycles. The van der Waals surface area contributed by atoms with E-state index >= 15 is 0 Å². The zero-order chi connectivity index (χ0) is 12.4. The van der Waals surface area contributed by atoms with Crippen LogP contribution in [0.1, 0.15) is 0 Å². The third kappa shape index (κ3) is 2.77. The largest absolute Gasteiger partial charge is 0.434 e. The van der Waals surface area contributed by atoms with Gasteiger partial charge in [-0.25, -0.2) is 9.37 Å². The van der Waals surface area contributed by atoms with E-state index in [9.17, 15) is 4.39 Å². The monoisotopic (exact) mass is 292 g/mol. The van der Waals surface area contributed by atoms with Crippen LogP contribution in [-0.2, 0) is 0 Å². The summed E-state index contributed by atoms with van der Waals surface area (Å²) in [6.45, 7) is 0. The summed E-state index contributed by atoms with van der Waals surface area (Å²) in [4.78, 5) is 7.37. The van der Waals surface area contributed by atoms with Crippen molar-refractivity contribution < 1.29 is 9.13 Å². The van der Waals surface area contributed by atoms with Crippen LogP contribution in [0.25, 0.3) is 0 Å². The van der Waals surface area contributed by atoms with E-state index in [1.165, 1.54) is 24.4 Å². The lowest BCUT2D eigenvalue weighted by atomic mass is 10.3. The van der Waals surface area contributed by atoms with E-state index in [1.54, 1.807) is 0 Å². The number of nitrogens with zero attached hydrogens (tertiary/aromatic N) is 2. The number of aromatic nitrogens is 2. The van der Waals surface area contributed by atoms with E-state index < -0.39 is 5.82 Å². The highest BCUT2D eigenvalue weighted by atomic mass is 35.5. The Morgan fingerprint density at radius 1 is 1.12 bits per heavy atom. The second-order valence-corrected chi connectivity index (χ2v) is 4.10. The summed E-state index contributed by atoms with van der Waals surface area (Å²) in [6.07, 6.45) is 1.26. The van der Waals surface area contributed by atoms with Crippen LogP contribution in [0.15, 0.2) is 24.4 Å². The lowest BCUT2D eigenvalue weighted by molar-refractivity contribution is 0.427. The van der Waals surface area contributed by atoms with Gasteiger partial charge >= 0.3 is 0 Å². The van der Waals surface area contributed by atoms with Gasteiger partial charge in [-0.05, 0) is 23.7 Å². The van der Waals surface area contributed by atoms with Gasteiger partial charge in [0, 0.05) is 0 Å². The molecule has 0 fully saturated rings. The molecule has 0 spiro atoms. The molecule has 0 bridgehead atoms. The fourth-order valence-corrected chi connectivity index (χ4v) is 1.49. The Morgan fingerprint density at radius 3 is 2.65 bits per heavy atom. The molecule has 0 N–H and O–H groups in total. The zero-order valence-electron chi connectivity index (χ0n) is 8.12. The van der Waals surface area contributed by atoms with Gasteiger partial charge in [0.2, 0.25) is 11.2 Å². The molecule has 1 aromatic heterocycles. The Balaban J connectivity index is 2.38. The van der Waals surface area contributed by atoms with Crippen LogP contribution >= 0.6 is 34.8 Å². The summed E-state index contributed by atoms with van der Waals surface area (Å²) in [5.74, 6) is -0.818. The molecule has 0 aliphatic rings. The lowest BCUT2D eigenvalue weighted by Crippen LogP contribution is -1.94. The molecule has 2 rings (SSSR count). The predicted octanol–water partition coefficient (Wildman–Crippen LogP) is 4.37. The Hall–Kier alpha value is -1.10. The first kappa shape index (κ1) is 12.4. The van der Waals surface area contributed by atoms with Crippen molar-refractivity contribution in [2.75, 3.05) is 0 Å². The Kier molecular flexibility index (Phi) is 3.66. The highest BCUT2D eigenvalue weighted by Gasteiger charge is 2.12. The molecule has 17 heavy (non-hydrogen) atoms. The Morgan fingerprint density at radius 2 is 1.88 bits per heavy atom. The van der Waals surface area contributed by atoms with Crippen molar-refractivity contribution in [1.29, 1.82) is 0 Å². The maximum absolute atomic E-state index is 13.5. The Bertz CT molecular complexity index is 565. The SMILES string of the molecule is Fc1c(Cl)cccc1Oc1nc(Cl)ncc1Cl. The van der Waals surface area contributed by atoms with Crippen molar-refractivity contribution in [3.63, 3.8) is 0 Å². The van der Waals surface area contributed by atoms with E-state index in [4.69, 9.17) is 39.5 Å². The first-order valence-corrected chi connectivity index (χ1v) is 5.51. The number of benzene rings is 1. The van der Waals surface area contributed by atoms with Gasteiger partial charge in [-0.1, -0.05) is 29.3 Å². The molecule has 3 nitrogen and oxygen atoms in total. The molecule has 2 aromatic rings. The van der Waals surface area contributed by atoms with Crippen LogP contribution < -0.4 is 4.74 Å². The molecule has 0 saturated carbocycles. The molecular weight excluding hydrogens is 289 g/mol. The molecular formula is C10H4Cl3FN2O. The van der Waals surface area contributed by atoms with Gasteiger partial charge in [0.15, 0.2) is 11.6 Å². The van der Waals surface area contributed by atoms with Crippen LogP contribution in [0.3, 0.4) is 0 Å². The fourth-order valence-electron chi connectivity index (χ4n) is 1.07. The van der Waals surface area contributed by atoms with E-state index in [0.29, 0.717) is 0 Å². The van der Waals surface area contributed by atoms with E-state index in [2.05, 4.69) is 9.97 Å². The molecule has 7 heteroatoms. The van der Waals surface area contributed by atoms with E-state index in [1.807, 2.05) is 0 Å². The number of hydrogen-bond acceptors (Lipinski definition) is 3. The fraction of sp³-hybridized carbons (Fsp3) is 0. The van der Waals surface area contributed by atoms with Crippen molar-refractivity contribution in [3.8, 4) is 11.6 Å². The number of hydrogen-bond donors (Lipinski definition) is 0. The average Bonchev–Trinajstić information content (AvgIpc) is 2.30. The van der Waals surface area contributed by atoms with Crippen molar-refractivity contribution >= 4 is 34.8 Å². The molecule has 0 radical (unpaired) electrons. The molecule has 0 aliphatic heterocycles. The minimum atomic E-state index is -0.694. The van der Waals surface area contributed by atoms with Gasteiger partial charge in [-0.2, -0.15) is 4.98 Å². The summed E-state index contributed by atoms with van der Waals surface area (Å²) in [6, 6.07) is 4.34. The van der Waals surface area contributed by atoms with Gasteiger partial charge in [-0.3, -0.25) is 0 Å². The predicted molar refractivity (Wildman–Crippen MR) is 63.5 cm³/mol. The Labute approximate surface area is 111 Å². The summed E-state index contributed by atoms with van der Waals surface area (Å²) in [5.41, 5.74) is 0. The topological polar surface area (TPSA) is 35.0 Å². The van der Waals surface area contributed by atoms with E-state index in [0.717, 1.165) is 0 Å². The quantitative estimate of drug-likeness (QED) is 0.771. The summed E-state index contributed by atoms with van der Waals surface area (Å²) >= 11 is 17.0. The maximum Gasteiger partial charge on any atom is 0.242 e. The van der Waals surface area contributed by atoms with Crippen LogP contribution in [-0.4, -0.2) is 9.97 Å². The van der Waals surface area contributed by atoms with Crippen molar-refractivity contribution in [3.05, 3.63) is 45.5 Å². The summed E-state index contributed by atoms with van der Waals surface area (Å²) in [5, 5.41) is 0.0133. The van der Waals surface area contributed by atoms with Crippen molar-refractivity contribution in [2.45, 2.75) is 0 Å². The third-order valence-corrected chi connectivity index (χ3v) is 2.54. The van der Waals surface area contributed by atoms with Gasteiger partial charge < -0.3 is 4.74 Å². The van der Waals surface area contributed by atoms with Crippen molar-refractivity contribution in [1.82, 2.24) is 9.97 Å². The second-order valence-electron chi connectivity index (χ2n) is 2.95.